The molecule has 0 radical (unpaired) electrons. The highest BCUT2D eigenvalue weighted by Gasteiger charge is 2.48. The van der Waals surface area contributed by atoms with Gasteiger partial charge in [-0.05, 0) is 79.4 Å². The number of likely N-dealkylation sites (N-methyl/N-ethyl adjacent to an activating group) is 1. The Hall–Kier alpha value is -2.86. The summed E-state index contributed by atoms with van der Waals surface area (Å²) in [6.07, 6.45) is 1.84. The van der Waals surface area contributed by atoms with Crippen molar-refractivity contribution in [2.24, 2.45) is 0 Å². The lowest BCUT2D eigenvalue weighted by atomic mass is 9.61. The number of carboxylic acids is 1. The van der Waals surface area contributed by atoms with Crippen molar-refractivity contribution < 1.29 is 19.8 Å². The second kappa shape index (κ2) is 6.63. The van der Waals surface area contributed by atoms with Gasteiger partial charge in [0, 0.05) is 11.7 Å². The Morgan fingerprint density at radius 2 is 1.89 bits per heavy atom. The first-order valence-electron chi connectivity index (χ1n) is 9.46. The van der Waals surface area contributed by atoms with Crippen molar-refractivity contribution in [1.29, 1.82) is 0 Å². The van der Waals surface area contributed by atoms with E-state index in [-0.39, 0.29) is 34.6 Å². The molecule has 0 spiro atoms. The summed E-state index contributed by atoms with van der Waals surface area (Å²) in [5, 5.41) is 22.0. The summed E-state index contributed by atoms with van der Waals surface area (Å²) < 4.78 is 0. The van der Waals surface area contributed by atoms with Gasteiger partial charge in [-0.15, -0.1) is 0 Å². The van der Waals surface area contributed by atoms with E-state index in [2.05, 4.69) is 24.2 Å². The Kier molecular flexibility index (Phi) is 4.38. The summed E-state index contributed by atoms with van der Waals surface area (Å²) in [4.78, 5) is 26.5. The van der Waals surface area contributed by atoms with Crippen LogP contribution in [-0.2, 0) is 10.2 Å². The molecular formula is C22H24N2O4. The van der Waals surface area contributed by atoms with Crippen LogP contribution in [0.25, 0.3) is 0 Å². The van der Waals surface area contributed by atoms with Crippen molar-refractivity contribution in [2.45, 2.75) is 37.1 Å². The molecule has 0 aromatic heterocycles. The number of phenols is 1. The average molecular weight is 380 g/mol. The van der Waals surface area contributed by atoms with Gasteiger partial charge in [0.1, 0.15) is 5.75 Å². The van der Waals surface area contributed by atoms with E-state index < -0.39 is 5.97 Å². The zero-order valence-corrected chi connectivity index (χ0v) is 16.0. The van der Waals surface area contributed by atoms with Crippen molar-refractivity contribution in [2.75, 3.05) is 18.9 Å². The number of nitrogens with zero attached hydrogens (tertiary/aromatic N) is 1. The fourth-order valence-corrected chi connectivity index (χ4v) is 4.70. The Morgan fingerprint density at radius 1 is 1.18 bits per heavy atom. The molecule has 28 heavy (non-hydrogen) atoms. The Morgan fingerprint density at radius 3 is 2.57 bits per heavy atom. The normalized spacial score (nSPS) is 26.4. The molecular weight excluding hydrogens is 356 g/mol. The monoisotopic (exact) mass is 380 g/mol. The second-order valence-electron chi connectivity index (χ2n) is 8.18. The molecule has 6 nitrogen and oxygen atoms in total. The van der Waals surface area contributed by atoms with Crippen LogP contribution in [0.3, 0.4) is 0 Å². The van der Waals surface area contributed by atoms with E-state index in [1.807, 2.05) is 6.07 Å². The Balaban J connectivity index is 1.69. The number of phenolic OH excluding ortho intramolecular Hbond substituents is 1. The van der Waals surface area contributed by atoms with Gasteiger partial charge in [-0.3, -0.25) is 4.79 Å². The number of fused-ring (bicyclic) bond motifs is 4. The van der Waals surface area contributed by atoms with Crippen LogP contribution in [0.2, 0.25) is 0 Å². The van der Waals surface area contributed by atoms with Gasteiger partial charge in [-0.25, -0.2) is 4.79 Å². The van der Waals surface area contributed by atoms with Gasteiger partial charge in [-0.1, -0.05) is 13.0 Å². The molecule has 1 fully saturated rings. The zero-order valence-electron chi connectivity index (χ0n) is 16.0. The molecule has 1 amide bonds. The summed E-state index contributed by atoms with van der Waals surface area (Å²) in [7, 11) is 2.05. The third-order valence-corrected chi connectivity index (χ3v) is 6.33. The second-order valence-corrected chi connectivity index (χ2v) is 8.18. The van der Waals surface area contributed by atoms with E-state index in [4.69, 9.17) is 5.11 Å². The number of carbonyl (C=O) groups excluding carboxylic acids is 1. The average Bonchev–Trinajstić information content (AvgIpc) is 2.66. The summed E-state index contributed by atoms with van der Waals surface area (Å²) in [5.41, 5.74) is 2.72. The first-order valence-corrected chi connectivity index (χ1v) is 9.46. The fraction of sp³-hybridized carbons (Fsp3) is 0.364. The van der Waals surface area contributed by atoms with Crippen LogP contribution in [0.4, 0.5) is 5.69 Å². The summed E-state index contributed by atoms with van der Waals surface area (Å²) in [6.45, 7) is 3.11. The molecule has 2 unspecified atom stereocenters. The number of rotatable bonds is 3. The number of hydrogen-bond acceptors (Lipinski definition) is 4. The van der Waals surface area contributed by atoms with Crippen molar-refractivity contribution in [3.63, 3.8) is 0 Å². The molecule has 0 saturated carbocycles. The maximum atomic E-state index is 13.3. The number of benzene rings is 2. The number of anilines is 1. The zero-order chi connectivity index (χ0) is 20.1. The van der Waals surface area contributed by atoms with E-state index >= 15 is 0 Å². The van der Waals surface area contributed by atoms with Crippen LogP contribution in [-0.4, -0.2) is 46.6 Å². The molecule has 1 aliphatic heterocycles. The summed E-state index contributed by atoms with van der Waals surface area (Å²) >= 11 is 0. The highest BCUT2D eigenvalue weighted by Crippen LogP contribution is 2.50. The van der Waals surface area contributed by atoms with Gasteiger partial charge < -0.3 is 20.4 Å². The molecule has 1 aliphatic carbocycles. The Labute approximate surface area is 163 Å². The van der Waals surface area contributed by atoms with Gasteiger partial charge in [0.2, 0.25) is 5.91 Å². The maximum Gasteiger partial charge on any atom is 0.335 e. The number of likely N-dealkylation sites (tertiary alicyclic amines) is 1. The van der Waals surface area contributed by atoms with Crippen molar-refractivity contribution >= 4 is 17.6 Å². The highest BCUT2D eigenvalue weighted by molar-refractivity contribution is 5.97. The first-order chi connectivity index (χ1) is 13.3. The van der Waals surface area contributed by atoms with Crippen LogP contribution in [0, 0.1) is 0 Å². The predicted molar refractivity (Wildman–Crippen MR) is 106 cm³/mol. The number of nitrogens with one attached hydrogen (secondary N) is 1. The molecule has 1 saturated heterocycles. The van der Waals surface area contributed by atoms with Gasteiger partial charge in [-0.2, -0.15) is 0 Å². The van der Waals surface area contributed by atoms with Crippen LogP contribution >= 0.6 is 0 Å². The first kappa shape index (κ1) is 18.5. The number of amides is 1. The van der Waals surface area contributed by atoms with Gasteiger partial charge in [0.05, 0.1) is 11.5 Å². The fourth-order valence-electron chi connectivity index (χ4n) is 4.70. The lowest BCUT2D eigenvalue weighted by Gasteiger charge is -2.51. The van der Waals surface area contributed by atoms with Gasteiger partial charge in [0.15, 0.2) is 0 Å². The topological polar surface area (TPSA) is 89.9 Å². The quantitative estimate of drug-likeness (QED) is 0.761. The van der Waals surface area contributed by atoms with E-state index in [0.717, 1.165) is 30.5 Å². The number of aromatic hydroxyl groups is 1. The van der Waals surface area contributed by atoms with E-state index in [1.165, 1.54) is 12.1 Å². The molecule has 2 aromatic rings. The molecule has 2 bridgehead atoms. The maximum absolute atomic E-state index is 13.3. The summed E-state index contributed by atoms with van der Waals surface area (Å²) in [5.74, 6) is -1.24. The van der Waals surface area contributed by atoms with Gasteiger partial charge in [0.25, 0.3) is 0 Å². The minimum Gasteiger partial charge on any atom is -0.508 e. The summed E-state index contributed by atoms with van der Waals surface area (Å²) in [6, 6.07) is 11.6. The molecule has 1 heterocycles. The molecule has 2 aliphatic rings. The smallest absolute Gasteiger partial charge is 0.335 e. The van der Waals surface area contributed by atoms with E-state index in [1.54, 1.807) is 24.3 Å². The third-order valence-electron chi connectivity index (χ3n) is 6.33. The number of aromatic carboxylic acids is 1. The molecule has 146 valence electrons. The van der Waals surface area contributed by atoms with E-state index in [9.17, 15) is 14.7 Å². The van der Waals surface area contributed by atoms with Crippen molar-refractivity contribution in [1.82, 2.24) is 4.90 Å². The molecule has 3 atom stereocenters. The number of hydrogen-bond donors (Lipinski definition) is 3. The standard InChI is InChI=1S/C22H24N2O4/c1-22-9-10-24(2)18(12-22)19(16-8-7-15(25)11-17(16)22)20(26)23-14-5-3-13(4-6-14)21(27)28/h3-8,11,18-19,25H,9-10,12H2,1-2H3,(H,23,26)(H,27,28)/t18?,19?,22-/m0/s1. The Bertz CT molecular complexity index is 940. The SMILES string of the molecule is CN1CC[C@@]2(C)CC1C(C(=O)Nc1ccc(C(=O)O)cc1)c1ccc(O)cc12. The van der Waals surface area contributed by atoms with Gasteiger partial charge >= 0.3 is 5.97 Å². The van der Waals surface area contributed by atoms with Crippen molar-refractivity contribution in [3.8, 4) is 5.75 Å². The van der Waals surface area contributed by atoms with Crippen molar-refractivity contribution in [3.05, 3.63) is 59.2 Å². The van der Waals surface area contributed by atoms with Crippen LogP contribution in [0.15, 0.2) is 42.5 Å². The number of carbonyl (C=O) groups is 2. The highest BCUT2D eigenvalue weighted by atomic mass is 16.4. The minimum absolute atomic E-state index is 0.0504. The molecule has 4 rings (SSSR count). The third kappa shape index (κ3) is 3.03. The number of carboxylic acid groups (broad SMARTS) is 1. The predicted octanol–water partition coefficient (Wildman–Crippen LogP) is 3.18. The van der Waals surface area contributed by atoms with Crippen LogP contribution < -0.4 is 5.32 Å². The lowest BCUT2D eigenvalue weighted by molar-refractivity contribution is -0.120. The van der Waals surface area contributed by atoms with Crippen LogP contribution in [0.1, 0.15) is 47.2 Å². The molecule has 2 aromatic carbocycles. The largest absolute Gasteiger partial charge is 0.508 e. The molecule has 6 heteroatoms. The minimum atomic E-state index is -0.998. The lowest BCUT2D eigenvalue weighted by Crippen LogP contribution is -2.54. The molecule has 3 N–H and O–H groups in total. The van der Waals surface area contributed by atoms with E-state index in [0.29, 0.717) is 5.69 Å². The number of piperidine rings is 1. The van der Waals surface area contributed by atoms with Crippen LogP contribution in [0.5, 0.6) is 5.75 Å².